The standard InChI is InChI=1S/C11H18O2/c1-13-11(12)10-7-9(10)8-5-3-2-4-6-8/h8-10H,2-7H2,1H3/t9-,10-/m0/s1. The van der Waals surface area contributed by atoms with Crippen molar-refractivity contribution in [1.29, 1.82) is 0 Å². The van der Waals surface area contributed by atoms with Crippen molar-refractivity contribution >= 4 is 5.97 Å². The summed E-state index contributed by atoms with van der Waals surface area (Å²) in [6.45, 7) is 0. The molecule has 0 aliphatic heterocycles. The summed E-state index contributed by atoms with van der Waals surface area (Å²) in [6.07, 6.45) is 7.92. The van der Waals surface area contributed by atoms with Gasteiger partial charge in [0.05, 0.1) is 13.0 Å². The number of esters is 1. The SMILES string of the molecule is COC(=O)[C@H]1C[C@H]1C1CCCCC1. The summed E-state index contributed by atoms with van der Waals surface area (Å²) < 4.78 is 4.76. The molecule has 0 spiro atoms. The lowest BCUT2D eigenvalue weighted by Gasteiger charge is -2.21. The van der Waals surface area contributed by atoms with Gasteiger partial charge in [0.25, 0.3) is 0 Å². The number of carbonyl (C=O) groups is 1. The molecule has 74 valence electrons. The van der Waals surface area contributed by atoms with Crippen LogP contribution in [0.15, 0.2) is 0 Å². The zero-order chi connectivity index (χ0) is 9.26. The molecule has 0 N–H and O–H groups in total. The molecule has 0 radical (unpaired) electrons. The Morgan fingerprint density at radius 1 is 1.23 bits per heavy atom. The minimum Gasteiger partial charge on any atom is -0.469 e. The summed E-state index contributed by atoms with van der Waals surface area (Å²) in [5.74, 6) is 1.79. The van der Waals surface area contributed by atoms with E-state index in [-0.39, 0.29) is 11.9 Å². The van der Waals surface area contributed by atoms with E-state index < -0.39 is 0 Å². The van der Waals surface area contributed by atoms with E-state index in [0.29, 0.717) is 5.92 Å². The molecule has 0 unspecified atom stereocenters. The maximum Gasteiger partial charge on any atom is 0.308 e. The number of carbonyl (C=O) groups excluding carboxylic acids is 1. The molecule has 0 saturated heterocycles. The van der Waals surface area contributed by atoms with E-state index in [1.807, 2.05) is 0 Å². The van der Waals surface area contributed by atoms with Crippen molar-refractivity contribution < 1.29 is 9.53 Å². The predicted molar refractivity (Wildman–Crippen MR) is 50.2 cm³/mol. The lowest BCUT2D eigenvalue weighted by Crippen LogP contribution is -2.13. The lowest BCUT2D eigenvalue weighted by atomic mass is 9.85. The third kappa shape index (κ3) is 1.87. The molecule has 2 heteroatoms. The summed E-state index contributed by atoms with van der Waals surface area (Å²) in [5.41, 5.74) is 0. The van der Waals surface area contributed by atoms with Crippen molar-refractivity contribution in [3.05, 3.63) is 0 Å². The molecule has 0 heterocycles. The van der Waals surface area contributed by atoms with Crippen LogP contribution >= 0.6 is 0 Å². The van der Waals surface area contributed by atoms with E-state index in [0.717, 1.165) is 12.3 Å². The van der Waals surface area contributed by atoms with Crippen LogP contribution in [0.5, 0.6) is 0 Å². The molecular weight excluding hydrogens is 164 g/mol. The second-order valence-corrected chi connectivity index (χ2v) is 4.43. The molecule has 2 atom stereocenters. The van der Waals surface area contributed by atoms with Crippen LogP contribution in [-0.4, -0.2) is 13.1 Å². The van der Waals surface area contributed by atoms with Crippen molar-refractivity contribution in [2.45, 2.75) is 38.5 Å². The maximum absolute atomic E-state index is 11.2. The van der Waals surface area contributed by atoms with Gasteiger partial charge in [-0.3, -0.25) is 4.79 Å². The largest absolute Gasteiger partial charge is 0.469 e. The van der Waals surface area contributed by atoms with Crippen molar-refractivity contribution in [1.82, 2.24) is 0 Å². The second kappa shape index (κ2) is 3.69. The normalized spacial score (nSPS) is 34.2. The Balaban J connectivity index is 1.81. The van der Waals surface area contributed by atoms with Crippen LogP contribution in [0.3, 0.4) is 0 Å². The molecule has 0 aromatic carbocycles. The summed E-state index contributed by atoms with van der Waals surface area (Å²) in [6, 6.07) is 0. The van der Waals surface area contributed by atoms with Gasteiger partial charge in [-0.25, -0.2) is 0 Å². The Bertz CT molecular complexity index is 194. The van der Waals surface area contributed by atoms with E-state index in [1.165, 1.54) is 39.2 Å². The molecule has 0 bridgehead atoms. The van der Waals surface area contributed by atoms with Gasteiger partial charge in [-0.1, -0.05) is 32.1 Å². The molecule has 0 aromatic rings. The summed E-state index contributed by atoms with van der Waals surface area (Å²) in [4.78, 5) is 11.2. The van der Waals surface area contributed by atoms with Crippen LogP contribution in [0.4, 0.5) is 0 Å². The monoisotopic (exact) mass is 182 g/mol. The van der Waals surface area contributed by atoms with Crippen molar-refractivity contribution in [2.75, 3.05) is 7.11 Å². The van der Waals surface area contributed by atoms with Gasteiger partial charge in [-0.2, -0.15) is 0 Å². The van der Waals surface area contributed by atoms with E-state index in [1.54, 1.807) is 0 Å². The van der Waals surface area contributed by atoms with Gasteiger partial charge < -0.3 is 4.74 Å². The fourth-order valence-electron chi connectivity index (χ4n) is 2.72. The van der Waals surface area contributed by atoms with Crippen molar-refractivity contribution in [3.8, 4) is 0 Å². The fourth-order valence-corrected chi connectivity index (χ4v) is 2.72. The van der Waals surface area contributed by atoms with Gasteiger partial charge >= 0.3 is 5.97 Å². The van der Waals surface area contributed by atoms with Gasteiger partial charge in [0.1, 0.15) is 0 Å². The zero-order valence-corrected chi connectivity index (χ0v) is 8.29. The van der Waals surface area contributed by atoms with Crippen molar-refractivity contribution in [3.63, 3.8) is 0 Å². The van der Waals surface area contributed by atoms with Crippen LogP contribution in [0, 0.1) is 17.8 Å². The molecule has 0 aromatic heterocycles. The summed E-state index contributed by atoms with van der Waals surface area (Å²) >= 11 is 0. The van der Waals surface area contributed by atoms with Gasteiger partial charge in [0.15, 0.2) is 0 Å². The molecule has 0 amide bonds. The number of hydrogen-bond donors (Lipinski definition) is 0. The Morgan fingerprint density at radius 3 is 2.54 bits per heavy atom. The Labute approximate surface area is 79.7 Å². The predicted octanol–water partition coefficient (Wildman–Crippen LogP) is 2.38. The molecule has 2 nitrogen and oxygen atoms in total. The van der Waals surface area contributed by atoms with E-state index in [2.05, 4.69) is 0 Å². The molecule has 2 fully saturated rings. The first-order valence-electron chi connectivity index (χ1n) is 5.40. The molecule has 2 aliphatic carbocycles. The van der Waals surface area contributed by atoms with E-state index >= 15 is 0 Å². The van der Waals surface area contributed by atoms with Gasteiger partial charge in [-0.05, 0) is 18.3 Å². The number of rotatable bonds is 2. The molecule has 13 heavy (non-hydrogen) atoms. The van der Waals surface area contributed by atoms with Crippen LogP contribution in [0.25, 0.3) is 0 Å². The highest BCUT2D eigenvalue weighted by Gasteiger charge is 2.48. The van der Waals surface area contributed by atoms with Gasteiger partial charge in [0, 0.05) is 0 Å². The third-order valence-corrected chi connectivity index (χ3v) is 3.60. The first-order valence-corrected chi connectivity index (χ1v) is 5.40. The Hall–Kier alpha value is -0.530. The molecule has 2 aliphatic rings. The Morgan fingerprint density at radius 2 is 1.92 bits per heavy atom. The number of methoxy groups -OCH3 is 1. The van der Waals surface area contributed by atoms with Gasteiger partial charge in [0.2, 0.25) is 0 Å². The van der Waals surface area contributed by atoms with Crippen LogP contribution in [0.1, 0.15) is 38.5 Å². The van der Waals surface area contributed by atoms with Crippen LogP contribution < -0.4 is 0 Å². The highest BCUT2D eigenvalue weighted by molar-refractivity contribution is 5.75. The van der Waals surface area contributed by atoms with Gasteiger partial charge in [-0.15, -0.1) is 0 Å². The minimum absolute atomic E-state index is 0.0237. The highest BCUT2D eigenvalue weighted by Crippen LogP contribution is 2.49. The molecule has 2 saturated carbocycles. The second-order valence-electron chi connectivity index (χ2n) is 4.43. The first kappa shape index (κ1) is 9.04. The average molecular weight is 182 g/mol. The number of ether oxygens (including phenoxy) is 1. The zero-order valence-electron chi connectivity index (χ0n) is 8.29. The van der Waals surface area contributed by atoms with Crippen molar-refractivity contribution in [2.24, 2.45) is 17.8 Å². The molecule has 2 rings (SSSR count). The maximum atomic E-state index is 11.2. The molecular formula is C11H18O2. The summed E-state index contributed by atoms with van der Waals surface area (Å²) in [7, 11) is 1.50. The third-order valence-electron chi connectivity index (χ3n) is 3.60. The topological polar surface area (TPSA) is 26.3 Å². The number of hydrogen-bond acceptors (Lipinski definition) is 2. The highest BCUT2D eigenvalue weighted by atomic mass is 16.5. The smallest absolute Gasteiger partial charge is 0.308 e. The lowest BCUT2D eigenvalue weighted by molar-refractivity contribution is -0.142. The average Bonchev–Trinajstić information content (AvgIpc) is 2.98. The van der Waals surface area contributed by atoms with Crippen LogP contribution in [-0.2, 0) is 9.53 Å². The first-order chi connectivity index (χ1) is 6.33. The fraction of sp³-hybridized carbons (Fsp3) is 0.909. The van der Waals surface area contributed by atoms with E-state index in [9.17, 15) is 4.79 Å². The Kier molecular flexibility index (Phi) is 2.56. The summed E-state index contributed by atoms with van der Waals surface area (Å²) in [5, 5.41) is 0. The van der Waals surface area contributed by atoms with Crippen LogP contribution in [0.2, 0.25) is 0 Å². The van der Waals surface area contributed by atoms with E-state index in [4.69, 9.17) is 4.74 Å². The minimum atomic E-state index is 0.0237. The quantitative estimate of drug-likeness (QED) is 0.613.